The molecule has 1 atom stereocenters. The van der Waals surface area contributed by atoms with Gasteiger partial charge in [0.2, 0.25) is 5.88 Å². The maximum atomic E-state index is 9.87. The average molecular weight is 360 g/mol. The maximum Gasteiger partial charge on any atom is 0.219 e. The van der Waals surface area contributed by atoms with Crippen molar-refractivity contribution in [3.05, 3.63) is 57.9 Å². The second kappa shape index (κ2) is 7.39. The minimum absolute atomic E-state index is 0.400. The van der Waals surface area contributed by atoms with Crippen molar-refractivity contribution in [1.82, 2.24) is 4.98 Å². The standard InChI is InChI=1S/C21H20N4O2/c1-5-27-21-19-18(15-7-6-14(9-22)8-17(15)26-4)16(10-23)13(3)25-20(19)12(2)11-24-21/h6-8,11,18,25H,5H2,1-4H3. The molecule has 0 aliphatic carbocycles. The number of fused-ring (bicyclic) bond motifs is 1. The van der Waals surface area contributed by atoms with Crippen LogP contribution in [-0.2, 0) is 0 Å². The third-order valence-corrected chi connectivity index (χ3v) is 4.64. The number of rotatable bonds is 4. The zero-order valence-corrected chi connectivity index (χ0v) is 15.8. The minimum Gasteiger partial charge on any atom is -0.496 e. The summed E-state index contributed by atoms with van der Waals surface area (Å²) < 4.78 is 11.3. The van der Waals surface area contributed by atoms with Gasteiger partial charge < -0.3 is 14.8 Å². The van der Waals surface area contributed by atoms with Gasteiger partial charge in [0, 0.05) is 17.5 Å². The topological polar surface area (TPSA) is 91.0 Å². The van der Waals surface area contributed by atoms with E-state index >= 15 is 0 Å². The van der Waals surface area contributed by atoms with E-state index in [1.54, 1.807) is 25.4 Å². The molecule has 1 aliphatic rings. The van der Waals surface area contributed by atoms with Crippen LogP contribution in [0.1, 0.15) is 42.0 Å². The van der Waals surface area contributed by atoms with Crippen LogP contribution >= 0.6 is 0 Å². The molecule has 0 amide bonds. The molecule has 1 aromatic heterocycles. The molecule has 0 fully saturated rings. The number of hydrogen-bond acceptors (Lipinski definition) is 6. The number of nitrogens with one attached hydrogen (secondary N) is 1. The molecular formula is C21H20N4O2. The molecule has 0 saturated heterocycles. The summed E-state index contributed by atoms with van der Waals surface area (Å²) in [6.45, 7) is 6.20. The van der Waals surface area contributed by atoms with Gasteiger partial charge in [-0.15, -0.1) is 0 Å². The number of hydrogen-bond donors (Lipinski definition) is 1. The molecule has 27 heavy (non-hydrogen) atoms. The Hall–Kier alpha value is -3.51. The number of ether oxygens (including phenoxy) is 2. The predicted octanol–water partition coefficient (Wildman–Crippen LogP) is 4.02. The van der Waals surface area contributed by atoms with E-state index < -0.39 is 5.92 Å². The fourth-order valence-electron chi connectivity index (χ4n) is 3.39. The van der Waals surface area contributed by atoms with Crippen LogP contribution in [0.4, 0.5) is 5.69 Å². The Labute approximate surface area is 158 Å². The second-order valence-electron chi connectivity index (χ2n) is 6.25. The molecule has 1 aromatic carbocycles. The fourth-order valence-corrected chi connectivity index (χ4v) is 3.39. The lowest BCUT2D eigenvalue weighted by molar-refractivity contribution is 0.322. The van der Waals surface area contributed by atoms with Crippen LogP contribution in [0.3, 0.4) is 0 Å². The number of nitrogens with zero attached hydrogens (tertiary/aromatic N) is 3. The van der Waals surface area contributed by atoms with E-state index in [2.05, 4.69) is 22.4 Å². The first-order chi connectivity index (χ1) is 13.0. The summed E-state index contributed by atoms with van der Waals surface area (Å²) in [5.74, 6) is 0.640. The van der Waals surface area contributed by atoms with Crippen molar-refractivity contribution in [3.63, 3.8) is 0 Å². The molecule has 6 nitrogen and oxygen atoms in total. The third kappa shape index (κ3) is 3.07. The van der Waals surface area contributed by atoms with Gasteiger partial charge in [-0.3, -0.25) is 0 Å². The smallest absolute Gasteiger partial charge is 0.219 e. The summed E-state index contributed by atoms with van der Waals surface area (Å²) in [6, 6.07) is 9.69. The molecule has 3 rings (SSSR count). The number of benzene rings is 1. The van der Waals surface area contributed by atoms with Crippen LogP contribution in [0.2, 0.25) is 0 Å². The van der Waals surface area contributed by atoms with Gasteiger partial charge in [0.1, 0.15) is 5.75 Å². The van der Waals surface area contributed by atoms with Crippen LogP contribution in [0.5, 0.6) is 11.6 Å². The second-order valence-corrected chi connectivity index (χ2v) is 6.25. The van der Waals surface area contributed by atoms with Crippen molar-refractivity contribution < 1.29 is 9.47 Å². The molecule has 136 valence electrons. The average Bonchev–Trinajstić information content (AvgIpc) is 2.69. The first kappa shape index (κ1) is 18.3. The summed E-state index contributed by atoms with van der Waals surface area (Å²) in [6.07, 6.45) is 1.76. The SMILES string of the molecule is CCOc1ncc(C)c2c1C(c1ccc(C#N)cc1OC)C(C#N)=C(C)N2. The van der Waals surface area contributed by atoms with E-state index in [-0.39, 0.29) is 0 Å². The van der Waals surface area contributed by atoms with E-state index in [0.717, 1.165) is 28.1 Å². The van der Waals surface area contributed by atoms with Gasteiger partial charge >= 0.3 is 0 Å². The van der Waals surface area contributed by atoms with E-state index in [1.807, 2.05) is 26.8 Å². The largest absolute Gasteiger partial charge is 0.496 e. The Morgan fingerprint density at radius 3 is 2.63 bits per heavy atom. The number of anilines is 1. The highest BCUT2D eigenvalue weighted by atomic mass is 16.5. The van der Waals surface area contributed by atoms with Crippen LogP contribution in [0, 0.1) is 29.6 Å². The summed E-state index contributed by atoms with van der Waals surface area (Å²) >= 11 is 0. The van der Waals surface area contributed by atoms with Gasteiger partial charge in [0.05, 0.1) is 54.2 Å². The number of allylic oxidation sites excluding steroid dienone is 2. The van der Waals surface area contributed by atoms with Crippen molar-refractivity contribution in [3.8, 4) is 23.8 Å². The minimum atomic E-state index is -0.400. The monoisotopic (exact) mass is 360 g/mol. The highest BCUT2D eigenvalue weighted by Crippen LogP contribution is 2.48. The van der Waals surface area contributed by atoms with Crippen molar-refractivity contribution in [2.24, 2.45) is 0 Å². The number of pyridine rings is 1. The molecule has 0 bridgehead atoms. The molecular weight excluding hydrogens is 340 g/mol. The molecule has 0 spiro atoms. The Bertz CT molecular complexity index is 1010. The van der Waals surface area contributed by atoms with Gasteiger partial charge in [-0.25, -0.2) is 4.98 Å². The van der Waals surface area contributed by atoms with E-state index in [4.69, 9.17) is 9.47 Å². The van der Waals surface area contributed by atoms with E-state index in [9.17, 15) is 10.5 Å². The summed E-state index contributed by atoms with van der Waals surface area (Å²) in [7, 11) is 1.56. The van der Waals surface area contributed by atoms with E-state index in [1.165, 1.54) is 0 Å². The van der Waals surface area contributed by atoms with Gasteiger partial charge in [-0.2, -0.15) is 10.5 Å². The molecule has 1 unspecified atom stereocenters. The van der Waals surface area contributed by atoms with Crippen molar-refractivity contribution in [1.29, 1.82) is 10.5 Å². The Balaban J connectivity index is 2.34. The summed E-state index contributed by atoms with van der Waals surface area (Å²) in [4.78, 5) is 4.45. The van der Waals surface area contributed by atoms with Gasteiger partial charge in [0.15, 0.2) is 0 Å². The van der Waals surface area contributed by atoms with Crippen molar-refractivity contribution >= 4 is 5.69 Å². The Morgan fingerprint density at radius 1 is 1.22 bits per heavy atom. The highest BCUT2D eigenvalue weighted by Gasteiger charge is 2.34. The normalized spacial score (nSPS) is 15.3. The predicted molar refractivity (Wildman–Crippen MR) is 102 cm³/mol. The lowest BCUT2D eigenvalue weighted by atomic mass is 9.80. The van der Waals surface area contributed by atoms with E-state index in [0.29, 0.717) is 29.4 Å². The molecule has 2 heterocycles. The van der Waals surface area contributed by atoms with Crippen LogP contribution in [0.15, 0.2) is 35.7 Å². The van der Waals surface area contributed by atoms with Gasteiger partial charge in [-0.05, 0) is 38.5 Å². The molecule has 1 aliphatic heterocycles. The maximum absolute atomic E-state index is 9.87. The molecule has 0 saturated carbocycles. The fraction of sp³-hybridized carbons (Fsp3) is 0.286. The molecule has 1 N–H and O–H groups in total. The zero-order chi connectivity index (χ0) is 19.6. The van der Waals surface area contributed by atoms with Crippen molar-refractivity contribution in [2.45, 2.75) is 26.7 Å². The number of aryl methyl sites for hydroxylation is 1. The number of methoxy groups -OCH3 is 1. The lowest BCUT2D eigenvalue weighted by Gasteiger charge is -2.31. The van der Waals surface area contributed by atoms with Gasteiger partial charge in [0.25, 0.3) is 0 Å². The van der Waals surface area contributed by atoms with Crippen LogP contribution < -0.4 is 14.8 Å². The molecule has 6 heteroatoms. The Kier molecular flexibility index (Phi) is 5.00. The molecule has 2 aromatic rings. The first-order valence-electron chi connectivity index (χ1n) is 8.63. The Morgan fingerprint density at radius 2 is 2.00 bits per heavy atom. The first-order valence-corrected chi connectivity index (χ1v) is 8.63. The van der Waals surface area contributed by atoms with Gasteiger partial charge in [-0.1, -0.05) is 6.07 Å². The quantitative estimate of drug-likeness (QED) is 0.885. The lowest BCUT2D eigenvalue weighted by Crippen LogP contribution is -2.20. The number of aromatic nitrogens is 1. The molecule has 0 radical (unpaired) electrons. The van der Waals surface area contributed by atoms with Crippen molar-refractivity contribution in [2.75, 3.05) is 19.0 Å². The third-order valence-electron chi connectivity index (χ3n) is 4.64. The summed E-state index contributed by atoms with van der Waals surface area (Å²) in [5.41, 5.74) is 5.29. The van der Waals surface area contributed by atoms with Crippen LogP contribution in [-0.4, -0.2) is 18.7 Å². The van der Waals surface area contributed by atoms with Crippen LogP contribution in [0.25, 0.3) is 0 Å². The highest BCUT2D eigenvalue weighted by molar-refractivity contribution is 5.73. The number of nitriles is 2. The zero-order valence-electron chi connectivity index (χ0n) is 15.8. The summed E-state index contributed by atoms with van der Waals surface area (Å²) in [5, 5.41) is 22.4.